The summed E-state index contributed by atoms with van der Waals surface area (Å²) in [5.74, 6) is 1.93. The van der Waals surface area contributed by atoms with Crippen molar-refractivity contribution in [3.8, 4) is 56.4 Å². The molecule has 9 rings (SSSR count). The summed E-state index contributed by atoms with van der Waals surface area (Å²) >= 11 is 0. The second-order valence-electron chi connectivity index (χ2n) is 12.0. The highest BCUT2D eigenvalue weighted by atomic mass is 15.0. The van der Waals surface area contributed by atoms with E-state index in [9.17, 15) is 0 Å². The van der Waals surface area contributed by atoms with Crippen LogP contribution in [0.25, 0.3) is 88.7 Å². The maximum atomic E-state index is 5.09. The zero-order valence-corrected chi connectivity index (χ0v) is 26.1. The number of rotatable bonds is 5. The van der Waals surface area contributed by atoms with Crippen molar-refractivity contribution in [3.63, 3.8) is 0 Å². The fourth-order valence-corrected chi connectivity index (χ4v) is 6.69. The highest BCUT2D eigenvalue weighted by Crippen LogP contribution is 2.37. The summed E-state index contributed by atoms with van der Waals surface area (Å²) in [5, 5.41) is 7.37. The molecule has 0 amide bonds. The van der Waals surface area contributed by atoms with Crippen molar-refractivity contribution in [2.45, 2.75) is 0 Å². The lowest BCUT2D eigenvalue weighted by molar-refractivity contribution is 1.07. The summed E-state index contributed by atoms with van der Waals surface area (Å²) in [4.78, 5) is 15.2. The van der Waals surface area contributed by atoms with Crippen LogP contribution in [0.4, 0.5) is 0 Å². The van der Waals surface area contributed by atoms with Crippen LogP contribution in [0.2, 0.25) is 0 Å². The Bertz CT molecular complexity index is 2440. The molecule has 0 saturated heterocycles. The highest BCUT2D eigenvalue weighted by Gasteiger charge is 2.15. The number of fused-ring (bicyclic) bond motifs is 6. The van der Waals surface area contributed by atoms with Gasteiger partial charge >= 0.3 is 0 Å². The summed E-state index contributed by atoms with van der Waals surface area (Å²) < 4.78 is 0. The van der Waals surface area contributed by atoms with E-state index < -0.39 is 0 Å². The third-order valence-corrected chi connectivity index (χ3v) is 9.14. The summed E-state index contributed by atoms with van der Waals surface area (Å²) in [6.07, 6.45) is 0. The molecule has 0 aliphatic heterocycles. The van der Waals surface area contributed by atoms with Gasteiger partial charge in [-0.2, -0.15) is 0 Å². The average molecular weight is 612 g/mol. The van der Waals surface area contributed by atoms with Crippen LogP contribution in [0.5, 0.6) is 0 Å². The predicted octanol–water partition coefficient (Wildman–Crippen LogP) is 11.7. The molecule has 3 nitrogen and oxygen atoms in total. The summed E-state index contributed by atoms with van der Waals surface area (Å²) in [7, 11) is 0. The van der Waals surface area contributed by atoms with Gasteiger partial charge in [0.2, 0.25) is 0 Å². The van der Waals surface area contributed by atoms with E-state index in [-0.39, 0.29) is 0 Å². The van der Waals surface area contributed by atoms with E-state index in [0.717, 1.165) is 27.8 Å². The molecule has 0 atom stereocenters. The topological polar surface area (TPSA) is 38.7 Å². The first-order chi connectivity index (χ1) is 23.8. The average Bonchev–Trinajstić information content (AvgIpc) is 3.18. The van der Waals surface area contributed by atoms with Gasteiger partial charge < -0.3 is 0 Å². The number of hydrogen-bond donors (Lipinski definition) is 0. The van der Waals surface area contributed by atoms with Gasteiger partial charge in [0, 0.05) is 16.7 Å². The molecular weight excluding hydrogens is 583 g/mol. The molecule has 224 valence electrons. The summed E-state index contributed by atoms with van der Waals surface area (Å²) in [5.41, 5.74) is 7.49. The van der Waals surface area contributed by atoms with Crippen molar-refractivity contribution in [1.29, 1.82) is 0 Å². The molecule has 0 unspecified atom stereocenters. The molecule has 0 saturated carbocycles. The maximum absolute atomic E-state index is 5.09. The Morgan fingerprint density at radius 3 is 0.938 bits per heavy atom. The van der Waals surface area contributed by atoms with Crippen molar-refractivity contribution < 1.29 is 0 Å². The third-order valence-electron chi connectivity index (χ3n) is 9.14. The molecule has 0 N–H and O–H groups in total. The second kappa shape index (κ2) is 11.7. The molecule has 8 aromatic carbocycles. The number of hydrogen-bond acceptors (Lipinski definition) is 3. The fraction of sp³-hybridized carbons (Fsp3) is 0. The predicted molar refractivity (Wildman–Crippen MR) is 200 cm³/mol. The standard InChI is InChI=1S/C45H29N3/c1-3-11-30(12-4-1)32-19-23-34(24-20-32)43-46-44(35-25-21-33(22-26-35)31-13-5-2-6-14-31)48-45(47-43)36-27-28-41-39-17-8-7-15-37(39)38-16-9-10-18-40(38)42(41)29-36/h1-29H. The Balaban J connectivity index is 1.21. The number of benzene rings is 8. The molecule has 0 aliphatic rings. The van der Waals surface area contributed by atoms with Gasteiger partial charge in [-0.3, -0.25) is 0 Å². The van der Waals surface area contributed by atoms with Crippen molar-refractivity contribution in [2.24, 2.45) is 0 Å². The smallest absolute Gasteiger partial charge is 0.164 e. The minimum atomic E-state index is 0.644. The summed E-state index contributed by atoms with van der Waals surface area (Å²) in [6.45, 7) is 0. The third kappa shape index (κ3) is 4.99. The van der Waals surface area contributed by atoms with E-state index in [1.165, 1.54) is 43.4 Å². The molecule has 0 radical (unpaired) electrons. The first kappa shape index (κ1) is 27.8. The van der Waals surface area contributed by atoms with Gasteiger partial charge in [0.15, 0.2) is 17.5 Å². The van der Waals surface area contributed by atoms with Crippen LogP contribution in [0, 0.1) is 0 Å². The summed E-state index contributed by atoms with van der Waals surface area (Å²) in [6, 6.07) is 61.6. The van der Waals surface area contributed by atoms with Crippen LogP contribution in [-0.2, 0) is 0 Å². The lowest BCUT2D eigenvalue weighted by atomic mass is 9.93. The van der Waals surface area contributed by atoms with E-state index in [0.29, 0.717) is 17.5 Å². The minimum Gasteiger partial charge on any atom is -0.208 e. The van der Waals surface area contributed by atoms with Crippen LogP contribution in [-0.4, -0.2) is 15.0 Å². The van der Waals surface area contributed by atoms with E-state index in [2.05, 4.69) is 164 Å². The fourth-order valence-electron chi connectivity index (χ4n) is 6.69. The van der Waals surface area contributed by atoms with Crippen LogP contribution >= 0.6 is 0 Å². The van der Waals surface area contributed by atoms with Crippen LogP contribution in [0.1, 0.15) is 0 Å². The first-order valence-electron chi connectivity index (χ1n) is 16.2. The van der Waals surface area contributed by atoms with E-state index in [1.807, 2.05) is 12.1 Å². The maximum Gasteiger partial charge on any atom is 0.164 e. The molecule has 48 heavy (non-hydrogen) atoms. The van der Waals surface area contributed by atoms with Gasteiger partial charge in [-0.15, -0.1) is 0 Å². The monoisotopic (exact) mass is 611 g/mol. The Morgan fingerprint density at radius 1 is 0.208 bits per heavy atom. The minimum absolute atomic E-state index is 0.644. The van der Waals surface area contributed by atoms with Gasteiger partial charge in [0.1, 0.15) is 0 Å². The lowest BCUT2D eigenvalue weighted by Crippen LogP contribution is -2.00. The molecule has 0 aliphatic carbocycles. The molecular formula is C45H29N3. The van der Waals surface area contributed by atoms with Gasteiger partial charge in [-0.05, 0) is 60.6 Å². The van der Waals surface area contributed by atoms with Gasteiger partial charge in [0.05, 0.1) is 0 Å². The van der Waals surface area contributed by atoms with Gasteiger partial charge in [-0.1, -0.05) is 170 Å². The molecule has 1 aromatic heterocycles. The van der Waals surface area contributed by atoms with Gasteiger partial charge in [0.25, 0.3) is 0 Å². The molecule has 3 heteroatoms. The van der Waals surface area contributed by atoms with Crippen LogP contribution < -0.4 is 0 Å². The molecule has 0 bridgehead atoms. The largest absolute Gasteiger partial charge is 0.208 e. The highest BCUT2D eigenvalue weighted by molar-refractivity contribution is 6.25. The SMILES string of the molecule is c1ccc(-c2ccc(-c3nc(-c4ccc(-c5ccccc5)cc4)nc(-c4ccc5c6ccccc6c6ccccc6c5c4)n3)cc2)cc1. The molecule has 9 aromatic rings. The number of aromatic nitrogens is 3. The lowest BCUT2D eigenvalue weighted by Gasteiger charge is -2.13. The van der Waals surface area contributed by atoms with E-state index >= 15 is 0 Å². The normalized spacial score (nSPS) is 11.3. The molecule has 0 fully saturated rings. The van der Waals surface area contributed by atoms with Gasteiger partial charge in [-0.25, -0.2) is 15.0 Å². The van der Waals surface area contributed by atoms with E-state index in [1.54, 1.807) is 0 Å². The van der Waals surface area contributed by atoms with Crippen LogP contribution in [0.15, 0.2) is 176 Å². The van der Waals surface area contributed by atoms with Crippen molar-refractivity contribution in [1.82, 2.24) is 15.0 Å². The Hall–Kier alpha value is -6.45. The Kier molecular flexibility index (Phi) is 6.80. The number of nitrogens with zero attached hydrogens (tertiary/aromatic N) is 3. The zero-order valence-electron chi connectivity index (χ0n) is 26.1. The Labute approximate surface area is 278 Å². The molecule has 0 spiro atoms. The zero-order chi connectivity index (χ0) is 31.9. The van der Waals surface area contributed by atoms with Crippen molar-refractivity contribution in [2.75, 3.05) is 0 Å². The Morgan fingerprint density at radius 2 is 0.500 bits per heavy atom. The van der Waals surface area contributed by atoms with Crippen molar-refractivity contribution in [3.05, 3.63) is 176 Å². The molecule has 1 heterocycles. The van der Waals surface area contributed by atoms with Crippen LogP contribution in [0.3, 0.4) is 0 Å². The first-order valence-corrected chi connectivity index (χ1v) is 16.2. The quantitative estimate of drug-likeness (QED) is 0.182. The van der Waals surface area contributed by atoms with Crippen molar-refractivity contribution >= 4 is 32.3 Å². The second-order valence-corrected chi connectivity index (χ2v) is 12.0. The van der Waals surface area contributed by atoms with E-state index in [4.69, 9.17) is 15.0 Å².